The Balaban J connectivity index is 2.46. The van der Waals surface area contributed by atoms with Crippen molar-refractivity contribution < 1.29 is 4.74 Å². The molecular formula is C12H14O. The molecule has 0 aliphatic carbocycles. The molecule has 1 heteroatoms. The molecule has 0 N–H and O–H groups in total. The molecule has 0 aliphatic heterocycles. The standard InChI is InChI=1S/C12H14O/c1-3-11-5-7-12(8-6-11)9-10-13-4-2/h1,5-8H,4,9-10H2,2H3. The van der Waals surface area contributed by atoms with Gasteiger partial charge in [0.25, 0.3) is 0 Å². The lowest BCUT2D eigenvalue weighted by Gasteiger charge is -2.01. The van der Waals surface area contributed by atoms with Crippen molar-refractivity contribution in [3.63, 3.8) is 0 Å². The van der Waals surface area contributed by atoms with Crippen molar-refractivity contribution in [3.8, 4) is 12.3 Å². The van der Waals surface area contributed by atoms with Gasteiger partial charge in [-0.1, -0.05) is 18.1 Å². The van der Waals surface area contributed by atoms with Crippen LogP contribution in [0.5, 0.6) is 0 Å². The number of terminal acetylenes is 1. The maximum absolute atomic E-state index is 5.25. The van der Waals surface area contributed by atoms with Crippen LogP contribution in [0.25, 0.3) is 0 Å². The molecule has 1 nitrogen and oxygen atoms in total. The SMILES string of the molecule is C#Cc1ccc(CCOCC)cc1. The normalized spacial score (nSPS) is 9.54. The molecule has 68 valence electrons. The second-order valence-electron chi connectivity index (χ2n) is 2.79. The van der Waals surface area contributed by atoms with Crippen LogP contribution in [0.1, 0.15) is 18.1 Å². The van der Waals surface area contributed by atoms with Crippen LogP contribution in [0.2, 0.25) is 0 Å². The van der Waals surface area contributed by atoms with Crippen LogP contribution in [0.15, 0.2) is 24.3 Å². The Kier molecular flexibility index (Phi) is 4.08. The van der Waals surface area contributed by atoms with E-state index in [0.29, 0.717) is 0 Å². The largest absolute Gasteiger partial charge is 0.381 e. The highest BCUT2D eigenvalue weighted by molar-refractivity contribution is 5.34. The number of rotatable bonds is 4. The van der Waals surface area contributed by atoms with E-state index in [4.69, 9.17) is 11.2 Å². The Morgan fingerprint density at radius 1 is 1.31 bits per heavy atom. The highest BCUT2D eigenvalue weighted by atomic mass is 16.5. The van der Waals surface area contributed by atoms with Gasteiger partial charge >= 0.3 is 0 Å². The number of hydrogen-bond donors (Lipinski definition) is 0. The van der Waals surface area contributed by atoms with E-state index in [1.807, 2.05) is 31.2 Å². The smallest absolute Gasteiger partial charge is 0.0506 e. The maximum atomic E-state index is 5.25. The minimum atomic E-state index is 0.780. The van der Waals surface area contributed by atoms with Gasteiger partial charge in [0, 0.05) is 12.2 Å². The van der Waals surface area contributed by atoms with Gasteiger partial charge in [-0.05, 0) is 31.0 Å². The van der Waals surface area contributed by atoms with Crippen molar-refractivity contribution in [2.24, 2.45) is 0 Å². The van der Waals surface area contributed by atoms with Gasteiger partial charge in [0.15, 0.2) is 0 Å². The van der Waals surface area contributed by atoms with Crippen molar-refractivity contribution in [3.05, 3.63) is 35.4 Å². The molecule has 0 unspecified atom stereocenters. The molecule has 0 atom stereocenters. The van der Waals surface area contributed by atoms with Gasteiger partial charge in [-0.3, -0.25) is 0 Å². The fraction of sp³-hybridized carbons (Fsp3) is 0.333. The maximum Gasteiger partial charge on any atom is 0.0506 e. The number of ether oxygens (including phenoxy) is 1. The zero-order chi connectivity index (χ0) is 9.52. The summed E-state index contributed by atoms with van der Waals surface area (Å²) in [6.45, 7) is 3.57. The Bertz CT molecular complexity index is 279. The molecule has 0 heterocycles. The molecule has 0 bridgehead atoms. The second kappa shape index (κ2) is 5.40. The average molecular weight is 174 g/mol. The van der Waals surface area contributed by atoms with Crippen LogP contribution < -0.4 is 0 Å². The molecule has 0 aliphatic rings. The van der Waals surface area contributed by atoms with Crippen molar-refractivity contribution in [2.75, 3.05) is 13.2 Å². The quantitative estimate of drug-likeness (QED) is 0.502. The van der Waals surface area contributed by atoms with Crippen molar-refractivity contribution in [1.82, 2.24) is 0 Å². The van der Waals surface area contributed by atoms with Gasteiger partial charge in [-0.25, -0.2) is 0 Å². The van der Waals surface area contributed by atoms with Gasteiger partial charge in [-0.2, -0.15) is 0 Å². The van der Waals surface area contributed by atoms with E-state index in [-0.39, 0.29) is 0 Å². The Labute approximate surface area is 79.7 Å². The zero-order valence-electron chi connectivity index (χ0n) is 7.92. The van der Waals surface area contributed by atoms with Crippen molar-refractivity contribution in [2.45, 2.75) is 13.3 Å². The minimum Gasteiger partial charge on any atom is -0.381 e. The molecule has 1 aromatic rings. The van der Waals surface area contributed by atoms with E-state index in [9.17, 15) is 0 Å². The summed E-state index contributed by atoms with van der Waals surface area (Å²) in [5.41, 5.74) is 2.20. The Hall–Kier alpha value is -1.26. The van der Waals surface area contributed by atoms with Gasteiger partial charge in [0.1, 0.15) is 0 Å². The molecule has 0 radical (unpaired) electrons. The van der Waals surface area contributed by atoms with E-state index in [1.165, 1.54) is 5.56 Å². The summed E-state index contributed by atoms with van der Waals surface area (Å²) in [6, 6.07) is 8.02. The molecular weight excluding hydrogens is 160 g/mol. The third-order valence-electron chi connectivity index (χ3n) is 1.86. The molecule has 1 aromatic carbocycles. The minimum absolute atomic E-state index is 0.780. The van der Waals surface area contributed by atoms with Crippen LogP contribution in [-0.4, -0.2) is 13.2 Å². The van der Waals surface area contributed by atoms with Gasteiger partial charge in [-0.15, -0.1) is 6.42 Å². The topological polar surface area (TPSA) is 9.23 Å². The second-order valence-corrected chi connectivity index (χ2v) is 2.79. The lowest BCUT2D eigenvalue weighted by atomic mass is 10.1. The summed E-state index contributed by atoms with van der Waals surface area (Å²) in [4.78, 5) is 0. The molecule has 0 amide bonds. The lowest BCUT2D eigenvalue weighted by Crippen LogP contribution is -1.97. The third kappa shape index (κ3) is 3.31. The van der Waals surface area contributed by atoms with Gasteiger partial charge < -0.3 is 4.74 Å². The first kappa shape index (κ1) is 9.83. The van der Waals surface area contributed by atoms with Crippen LogP contribution >= 0.6 is 0 Å². The monoisotopic (exact) mass is 174 g/mol. The molecule has 0 fully saturated rings. The predicted molar refractivity (Wildman–Crippen MR) is 54.6 cm³/mol. The van der Waals surface area contributed by atoms with Crippen LogP contribution in [-0.2, 0) is 11.2 Å². The summed E-state index contributed by atoms with van der Waals surface area (Å²) in [6.07, 6.45) is 6.20. The first-order chi connectivity index (χ1) is 6.36. The van der Waals surface area contributed by atoms with Crippen LogP contribution in [0.3, 0.4) is 0 Å². The summed E-state index contributed by atoms with van der Waals surface area (Å²) >= 11 is 0. The average Bonchev–Trinajstić information content (AvgIpc) is 2.19. The first-order valence-electron chi connectivity index (χ1n) is 4.50. The van der Waals surface area contributed by atoms with Gasteiger partial charge in [0.2, 0.25) is 0 Å². The summed E-state index contributed by atoms with van der Waals surface area (Å²) < 4.78 is 5.25. The predicted octanol–water partition coefficient (Wildman–Crippen LogP) is 2.25. The van der Waals surface area contributed by atoms with E-state index >= 15 is 0 Å². The summed E-state index contributed by atoms with van der Waals surface area (Å²) in [7, 11) is 0. The molecule has 0 saturated carbocycles. The third-order valence-corrected chi connectivity index (χ3v) is 1.86. The Morgan fingerprint density at radius 2 is 2.00 bits per heavy atom. The summed E-state index contributed by atoms with van der Waals surface area (Å²) in [5.74, 6) is 2.59. The zero-order valence-corrected chi connectivity index (χ0v) is 7.92. The molecule has 0 spiro atoms. The molecule has 13 heavy (non-hydrogen) atoms. The molecule has 0 saturated heterocycles. The molecule has 1 rings (SSSR count). The van der Waals surface area contributed by atoms with Gasteiger partial charge in [0.05, 0.1) is 6.61 Å². The highest BCUT2D eigenvalue weighted by Gasteiger charge is 1.92. The highest BCUT2D eigenvalue weighted by Crippen LogP contribution is 2.03. The number of hydrogen-bond acceptors (Lipinski definition) is 1. The fourth-order valence-corrected chi connectivity index (χ4v) is 1.10. The lowest BCUT2D eigenvalue weighted by molar-refractivity contribution is 0.151. The Morgan fingerprint density at radius 3 is 2.54 bits per heavy atom. The fourth-order valence-electron chi connectivity index (χ4n) is 1.10. The first-order valence-corrected chi connectivity index (χ1v) is 4.50. The number of benzene rings is 1. The van der Waals surface area contributed by atoms with Crippen molar-refractivity contribution >= 4 is 0 Å². The van der Waals surface area contributed by atoms with Crippen molar-refractivity contribution in [1.29, 1.82) is 0 Å². The van der Waals surface area contributed by atoms with E-state index in [1.54, 1.807) is 0 Å². The van der Waals surface area contributed by atoms with E-state index in [2.05, 4.69) is 5.92 Å². The van der Waals surface area contributed by atoms with Crippen LogP contribution in [0.4, 0.5) is 0 Å². The molecule has 0 aromatic heterocycles. The summed E-state index contributed by atoms with van der Waals surface area (Å²) in [5, 5.41) is 0. The van der Waals surface area contributed by atoms with E-state index < -0.39 is 0 Å². The van der Waals surface area contributed by atoms with Crippen LogP contribution in [0, 0.1) is 12.3 Å². The van der Waals surface area contributed by atoms with E-state index in [0.717, 1.165) is 25.2 Å².